The molecule has 1 N–H and O–H groups in total. The lowest BCUT2D eigenvalue weighted by atomic mass is 9.53. The molecule has 4 saturated carbocycles. The van der Waals surface area contributed by atoms with E-state index in [-0.39, 0.29) is 0 Å². The Bertz CT molecular complexity index is 453. The molecule has 3 heteroatoms. The third kappa shape index (κ3) is 2.03. The van der Waals surface area contributed by atoms with Gasteiger partial charge in [-0.2, -0.15) is 0 Å². The van der Waals surface area contributed by atoms with Crippen LogP contribution in [-0.4, -0.2) is 15.5 Å². The van der Waals surface area contributed by atoms with E-state index in [4.69, 9.17) is 0 Å². The van der Waals surface area contributed by atoms with Gasteiger partial charge in [0.25, 0.3) is 0 Å². The lowest BCUT2D eigenvalue weighted by Gasteiger charge is -2.56. The van der Waals surface area contributed by atoms with Crippen molar-refractivity contribution in [2.45, 2.75) is 57.9 Å². The van der Waals surface area contributed by atoms with Gasteiger partial charge in [-0.05, 0) is 76.2 Å². The van der Waals surface area contributed by atoms with Crippen LogP contribution in [0.5, 0.6) is 0 Å². The van der Waals surface area contributed by atoms with Crippen LogP contribution in [0, 0.1) is 31.6 Å². The van der Waals surface area contributed by atoms with Gasteiger partial charge in [-0.3, -0.25) is 0 Å². The maximum Gasteiger partial charge on any atom is 0.223 e. The Morgan fingerprint density at radius 1 is 0.947 bits per heavy atom. The Morgan fingerprint density at radius 2 is 1.42 bits per heavy atom. The van der Waals surface area contributed by atoms with E-state index in [9.17, 15) is 0 Å². The van der Waals surface area contributed by atoms with Crippen LogP contribution in [0.1, 0.15) is 49.9 Å². The fourth-order valence-electron chi connectivity index (χ4n) is 5.28. The molecule has 0 amide bonds. The number of aromatic nitrogens is 2. The number of rotatable bonds is 2. The molecule has 0 aliphatic heterocycles. The third-order valence-electron chi connectivity index (χ3n) is 5.40. The molecule has 0 spiro atoms. The summed E-state index contributed by atoms with van der Waals surface area (Å²) >= 11 is 0. The van der Waals surface area contributed by atoms with Crippen LogP contribution in [-0.2, 0) is 0 Å². The summed E-state index contributed by atoms with van der Waals surface area (Å²) in [5, 5.41) is 3.75. The summed E-state index contributed by atoms with van der Waals surface area (Å²) < 4.78 is 0. The maximum absolute atomic E-state index is 4.59. The van der Waals surface area contributed by atoms with Gasteiger partial charge in [-0.25, -0.2) is 9.97 Å². The zero-order chi connectivity index (χ0) is 13.0. The van der Waals surface area contributed by atoms with Crippen molar-refractivity contribution >= 4 is 5.95 Å². The van der Waals surface area contributed by atoms with E-state index in [0.29, 0.717) is 5.54 Å². The van der Waals surface area contributed by atoms with Crippen molar-refractivity contribution in [3.05, 3.63) is 17.5 Å². The zero-order valence-electron chi connectivity index (χ0n) is 11.9. The van der Waals surface area contributed by atoms with Crippen LogP contribution in [0.3, 0.4) is 0 Å². The van der Waals surface area contributed by atoms with Crippen molar-refractivity contribution in [3.8, 4) is 0 Å². The Hall–Kier alpha value is -1.12. The highest BCUT2D eigenvalue weighted by Gasteiger charge is 2.51. The van der Waals surface area contributed by atoms with Gasteiger partial charge >= 0.3 is 0 Å². The summed E-state index contributed by atoms with van der Waals surface area (Å²) in [6.45, 7) is 4.11. The molecule has 102 valence electrons. The minimum atomic E-state index is 0.314. The van der Waals surface area contributed by atoms with Crippen LogP contribution in [0.2, 0.25) is 0 Å². The number of aryl methyl sites for hydroxylation is 2. The predicted octanol–water partition coefficient (Wildman–Crippen LogP) is 3.47. The van der Waals surface area contributed by atoms with Gasteiger partial charge in [0.2, 0.25) is 5.95 Å². The van der Waals surface area contributed by atoms with Gasteiger partial charge in [0, 0.05) is 16.9 Å². The van der Waals surface area contributed by atoms with Crippen LogP contribution < -0.4 is 5.32 Å². The molecule has 0 aromatic carbocycles. The number of anilines is 1. The molecule has 4 fully saturated rings. The molecule has 0 atom stereocenters. The van der Waals surface area contributed by atoms with Crippen molar-refractivity contribution in [2.75, 3.05) is 5.32 Å². The molecule has 1 heterocycles. The number of hydrogen-bond donors (Lipinski definition) is 1. The Kier molecular flexibility index (Phi) is 2.42. The van der Waals surface area contributed by atoms with Gasteiger partial charge in [0.1, 0.15) is 0 Å². The smallest absolute Gasteiger partial charge is 0.223 e. The molecule has 19 heavy (non-hydrogen) atoms. The number of nitrogens with one attached hydrogen (secondary N) is 1. The van der Waals surface area contributed by atoms with Crippen molar-refractivity contribution in [3.63, 3.8) is 0 Å². The molecule has 1 aromatic heterocycles. The summed E-state index contributed by atoms with van der Waals surface area (Å²) in [5.74, 6) is 3.75. The summed E-state index contributed by atoms with van der Waals surface area (Å²) in [6, 6.07) is 2.05. The van der Waals surface area contributed by atoms with Crippen molar-refractivity contribution < 1.29 is 0 Å². The first-order chi connectivity index (χ1) is 9.10. The third-order valence-corrected chi connectivity index (χ3v) is 5.40. The van der Waals surface area contributed by atoms with E-state index in [1.807, 2.05) is 6.07 Å². The normalized spacial score (nSPS) is 39.6. The molecule has 5 rings (SSSR count). The minimum absolute atomic E-state index is 0.314. The number of nitrogens with zero attached hydrogens (tertiary/aromatic N) is 2. The summed E-state index contributed by atoms with van der Waals surface area (Å²) in [5.41, 5.74) is 2.45. The second-order valence-corrected chi connectivity index (χ2v) is 7.30. The highest BCUT2D eigenvalue weighted by molar-refractivity contribution is 5.33. The molecule has 4 aliphatic carbocycles. The van der Waals surface area contributed by atoms with E-state index >= 15 is 0 Å². The van der Waals surface area contributed by atoms with Gasteiger partial charge in [0.15, 0.2) is 0 Å². The van der Waals surface area contributed by atoms with Crippen LogP contribution >= 0.6 is 0 Å². The standard InChI is InChI=1S/C16H23N3/c1-10-3-11(2)18-15(17-10)19-16-7-12-4-13(8-16)6-14(5-12)9-16/h3,12-14H,4-9H2,1-2H3,(H,17,18,19). The van der Waals surface area contributed by atoms with Crippen molar-refractivity contribution in [1.82, 2.24) is 9.97 Å². The van der Waals surface area contributed by atoms with Crippen molar-refractivity contribution in [1.29, 1.82) is 0 Å². The monoisotopic (exact) mass is 257 g/mol. The van der Waals surface area contributed by atoms with Gasteiger partial charge < -0.3 is 5.32 Å². The average Bonchev–Trinajstić information content (AvgIpc) is 2.23. The fraction of sp³-hybridized carbons (Fsp3) is 0.750. The quantitative estimate of drug-likeness (QED) is 0.881. The first-order valence-electron chi connectivity index (χ1n) is 7.71. The Labute approximate surface area is 115 Å². The average molecular weight is 257 g/mol. The van der Waals surface area contributed by atoms with E-state index in [1.165, 1.54) is 38.5 Å². The molecule has 4 aliphatic rings. The first kappa shape index (κ1) is 11.7. The first-order valence-corrected chi connectivity index (χ1v) is 7.71. The molecule has 0 saturated heterocycles. The van der Waals surface area contributed by atoms with E-state index < -0.39 is 0 Å². The fourth-order valence-corrected chi connectivity index (χ4v) is 5.28. The molecule has 0 unspecified atom stereocenters. The van der Waals surface area contributed by atoms with Crippen LogP contribution in [0.4, 0.5) is 5.95 Å². The molecule has 0 radical (unpaired) electrons. The maximum atomic E-state index is 4.59. The largest absolute Gasteiger partial charge is 0.349 e. The molecular weight excluding hydrogens is 234 g/mol. The molecule has 4 bridgehead atoms. The lowest BCUT2D eigenvalue weighted by molar-refractivity contribution is 0.0103. The second kappa shape index (κ2) is 3.94. The topological polar surface area (TPSA) is 37.8 Å². The van der Waals surface area contributed by atoms with Gasteiger partial charge in [-0.15, -0.1) is 0 Å². The van der Waals surface area contributed by atoms with Gasteiger partial charge in [-0.1, -0.05) is 0 Å². The Balaban J connectivity index is 1.62. The minimum Gasteiger partial charge on any atom is -0.349 e. The Morgan fingerprint density at radius 3 is 1.89 bits per heavy atom. The lowest BCUT2D eigenvalue weighted by Crippen LogP contribution is -2.55. The SMILES string of the molecule is Cc1cc(C)nc(NC23CC4CC(CC(C4)C2)C3)n1. The molecule has 3 nitrogen and oxygen atoms in total. The highest BCUT2D eigenvalue weighted by atomic mass is 15.2. The zero-order valence-corrected chi connectivity index (χ0v) is 11.9. The van der Waals surface area contributed by atoms with Gasteiger partial charge in [0.05, 0.1) is 0 Å². The molecular formula is C16H23N3. The second-order valence-electron chi connectivity index (χ2n) is 7.30. The van der Waals surface area contributed by atoms with Crippen LogP contribution in [0.25, 0.3) is 0 Å². The van der Waals surface area contributed by atoms with E-state index in [2.05, 4.69) is 29.1 Å². The summed E-state index contributed by atoms with van der Waals surface area (Å²) in [7, 11) is 0. The number of hydrogen-bond acceptors (Lipinski definition) is 3. The summed E-state index contributed by atoms with van der Waals surface area (Å²) in [4.78, 5) is 9.18. The van der Waals surface area contributed by atoms with E-state index in [1.54, 1.807) is 0 Å². The molecule has 1 aromatic rings. The van der Waals surface area contributed by atoms with Crippen LogP contribution in [0.15, 0.2) is 6.07 Å². The van der Waals surface area contributed by atoms with E-state index in [0.717, 1.165) is 35.1 Å². The summed E-state index contributed by atoms with van der Waals surface area (Å²) in [6.07, 6.45) is 8.47. The predicted molar refractivity (Wildman–Crippen MR) is 76.0 cm³/mol. The van der Waals surface area contributed by atoms with Crippen molar-refractivity contribution in [2.24, 2.45) is 17.8 Å². The highest BCUT2D eigenvalue weighted by Crippen LogP contribution is 2.56.